The zero-order chi connectivity index (χ0) is 62.3. The van der Waals surface area contributed by atoms with Gasteiger partial charge in [-0.3, -0.25) is 20.2 Å². The average Bonchev–Trinajstić information content (AvgIpc) is 1.55. The molecule has 0 amide bonds. The number of hydrogen-bond acceptors (Lipinski definition) is 18. The molecule has 0 radical (unpaired) electrons. The molecule has 0 fully saturated rings. The molecule has 20 heteroatoms. The standard InChI is InChI=1S/2C34H31N3O6S/c2*1-19-17-34(3,4)35-25-11-10-24-31(30(19)25)28(43-27-13-12-26(38)33(41-5)32(24)27)16-29-23(14-15-44-29)20(2)36-42-18-21-6-8-22(9-7-21)37(39)40/h2*6-17,35,38H,18H2,1-5H3/b28-16-,36-20+;28-16-,36-20-. The first kappa shape index (κ1) is 59.5. The van der Waals surface area contributed by atoms with Crippen molar-refractivity contribution in [2.45, 2.75) is 79.7 Å². The SMILES string of the molecule is COc1c(O)ccc2c1-c1ccc3c(c1/C(=C/c1sccc1/C(C)=N/OCc1ccc([N+](=O)[O-])cc1)O2)C(C)=CC(C)(C)N3.COc1c(O)ccc2c1-c1ccc3c(c1/C(=C/c1sccc1/C(C)=N\OCc1ccc([N+](=O)[O-])cc1)O2)C(C)=CC(C)(C)N3. The Morgan fingerprint density at radius 2 is 0.943 bits per heavy atom. The van der Waals surface area contributed by atoms with Crippen LogP contribution in [0.3, 0.4) is 0 Å². The second-order valence-corrected chi connectivity index (χ2v) is 24.4. The molecular formula is C68H62N6O12S2. The Labute approximate surface area is 515 Å². The Hall–Kier alpha value is -10.2. The van der Waals surface area contributed by atoms with Crippen LogP contribution in [0.15, 0.2) is 142 Å². The average molecular weight is 1220 g/mol. The molecular weight excluding hydrogens is 1160 g/mol. The van der Waals surface area contributed by atoms with Crippen molar-refractivity contribution in [3.63, 3.8) is 0 Å². The van der Waals surface area contributed by atoms with Gasteiger partial charge in [-0.2, -0.15) is 0 Å². The number of hydrogen-bond donors (Lipinski definition) is 4. The highest BCUT2D eigenvalue weighted by Gasteiger charge is 2.36. The first-order valence-electron chi connectivity index (χ1n) is 28.0. The second-order valence-electron chi connectivity index (χ2n) is 22.5. The molecule has 448 valence electrons. The highest BCUT2D eigenvalue weighted by atomic mass is 32.1. The number of nitro benzene ring substituents is 2. The number of benzene rings is 6. The van der Waals surface area contributed by atoms with Crippen LogP contribution in [0.1, 0.15) is 110 Å². The number of ether oxygens (including phenoxy) is 4. The quantitative estimate of drug-likeness (QED) is 0.0451. The summed E-state index contributed by atoms with van der Waals surface area (Å²) in [4.78, 5) is 34.1. The third-order valence-electron chi connectivity index (χ3n) is 15.2. The zero-order valence-corrected chi connectivity index (χ0v) is 51.5. The van der Waals surface area contributed by atoms with Crippen molar-refractivity contribution in [2.75, 3.05) is 24.9 Å². The number of allylic oxidation sites excluding steroid dienone is 2. The molecule has 4 N–H and O–H groups in total. The fourth-order valence-electron chi connectivity index (χ4n) is 11.5. The summed E-state index contributed by atoms with van der Waals surface area (Å²) in [6.45, 7) is 16.8. The van der Waals surface area contributed by atoms with Crippen molar-refractivity contribution >= 4 is 91.7 Å². The minimum absolute atomic E-state index is 0.0280. The van der Waals surface area contributed by atoms with Crippen LogP contribution in [0.2, 0.25) is 0 Å². The molecule has 4 aliphatic heterocycles. The van der Waals surface area contributed by atoms with Gasteiger partial charge in [0.1, 0.15) is 36.2 Å². The van der Waals surface area contributed by atoms with Crippen molar-refractivity contribution < 1.29 is 48.7 Å². The van der Waals surface area contributed by atoms with Gasteiger partial charge < -0.3 is 49.5 Å². The molecule has 18 nitrogen and oxygen atoms in total. The molecule has 12 rings (SSSR count). The van der Waals surface area contributed by atoms with E-state index in [1.165, 1.54) is 38.5 Å². The second kappa shape index (κ2) is 23.9. The van der Waals surface area contributed by atoms with Crippen molar-refractivity contribution in [2.24, 2.45) is 10.3 Å². The van der Waals surface area contributed by atoms with Gasteiger partial charge in [-0.1, -0.05) is 34.6 Å². The van der Waals surface area contributed by atoms with Crippen LogP contribution >= 0.6 is 22.7 Å². The number of nitrogens with zero attached hydrogens (tertiary/aromatic N) is 4. The molecule has 0 unspecified atom stereocenters. The fraction of sp³-hybridized carbons (Fsp3) is 0.206. The number of anilines is 2. The van der Waals surface area contributed by atoms with E-state index in [0.29, 0.717) is 57.1 Å². The number of fused-ring (bicyclic) bond motifs is 10. The summed E-state index contributed by atoms with van der Waals surface area (Å²) in [6, 6.07) is 31.2. The van der Waals surface area contributed by atoms with Crippen LogP contribution in [0.5, 0.6) is 34.5 Å². The van der Waals surface area contributed by atoms with E-state index < -0.39 is 9.85 Å². The van der Waals surface area contributed by atoms with Crippen LogP contribution < -0.4 is 29.6 Å². The molecule has 88 heavy (non-hydrogen) atoms. The highest BCUT2D eigenvalue weighted by molar-refractivity contribution is 7.11. The predicted molar refractivity (Wildman–Crippen MR) is 349 cm³/mol. The Morgan fingerprint density at radius 1 is 0.557 bits per heavy atom. The van der Waals surface area contributed by atoms with Crippen molar-refractivity contribution in [3.8, 4) is 56.8 Å². The lowest BCUT2D eigenvalue weighted by Crippen LogP contribution is -2.32. The number of thiophene rings is 2. The number of phenolic OH excluding ortho intramolecular Hbond substituents is 2. The lowest BCUT2D eigenvalue weighted by molar-refractivity contribution is -0.385. The predicted octanol–water partition coefficient (Wildman–Crippen LogP) is 17.0. The highest BCUT2D eigenvalue weighted by Crippen LogP contribution is 2.56. The Balaban J connectivity index is 0.000000182. The first-order chi connectivity index (χ1) is 42.1. The van der Waals surface area contributed by atoms with Gasteiger partial charge in [0.2, 0.25) is 0 Å². The molecule has 0 saturated carbocycles. The number of nitrogens with one attached hydrogen (secondary N) is 2. The molecule has 2 aromatic heterocycles. The summed E-state index contributed by atoms with van der Waals surface area (Å²) in [7, 11) is 3.08. The molecule has 4 aliphatic rings. The molecule has 0 bridgehead atoms. The summed E-state index contributed by atoms with van der Waals surface area (Å²) < 4.78 is 24.5. The van der Waals surface area contributed by atoms with Gasteiger partial charge in [0.15, 0.2) is 23.0 Å². The van der Waals surface area contributed by atoms with E-state index in [9.17, 15) is 30.4 Å². The van der Waals surface area contributed by atoms with E-state index in [1.807, 2.05) is 61.0 Å². The van der Waals surface area contributed by atoms with Gasteiger partial charge in [-0.05, 0) is 173 Å². The fourth-order valence-corrected chi connectivity index (χ4v) is 13.3. The van der Waals surface area contributed by atoms with Crippen LogP contribution in [0.4, 0.5) is 22.7 Å². The third kappa shape index (κ3) is 11.8. The molecule has 0 saturated heterocycles. The Bertz CT molecular complexity index is 4050. The molecule has 0 aliphatic carbocycles. The maximum absolute atomic E-state index is 10.9. The number of oxime groups is 2. The lowest BCUT2D eigenvalue weighted by atomic mass is 9.83. The van der Waals surface area contributed by atoms with E-state index in [4.69, 9.17) is 28.6 Å². The Morgan fingerprint density at radius 3 is 1.31 bits per heavy atom. The number of rotatable bonds is 14. The molecule has 0 atom stereocenters. The third-order valence-corrected chi connectivity index (χ3v) is 16.9. The number of methoxy groups -OCH3 is 2. The normalized spacial score (nSPS) is 15.7. The maximum Gasteiger partial charge on any atom is 0.269 e. The first-order valence-corrected chi connectivity index (χ1v) is 29.7. The van der Waals surface area contributed by atoms with Gasteiger partial charge in [0, 0.05) is 89.9 Å². The van der Waals surface area contributed by atoms with Gasteiger partial charge in [0.05, 0.1) is 57.7 Å². The van der Waals surface area contributed by atoms with E-state index >= 15 is 0 Å². The van der Waals surface area contributed by atoms with E-state index in [0.717, 1.165) is 87.9 Å². The Kier molecular flexibility index (Phi) is 16.2. The van der Waals surface area contributed by atoms with Crippen molar-refractivity contribution in [3.05, 3.63) is 207 Å². The molecule has 0 spiro atoms. The largest absolute Gasteiger partial charge is 0.504 e. The lowest BCUT2D eigenvalue weighted by Gasteiger charge is -2.35. The zero-order valence-electron chi connectivity index (χ0n) is 49.9. The minimum Gasteiger partial charge on any atom is -0.504 e. The smallest absolute Gasteiger partial charge is 0.269 e. The van der Waals surface area contributed by atoms with E-state index in [1.54, 1.807) is 71.2 Å². The maximum atomic E-state index is 10.9. The summed E-state index contributed by atoms with van der Waals surface area (Å²) in [5, 5.41) is 63.0. The van der Waals surface area contributed by atoms with Gasteiger partial charge >= 0.3 is 0 Å². The van der Waals surface area contributed by atoms with E-state index in [2.05, 4.69) is 86.8 Å². The molecule has 6 aromatic carbocycles. The van der Waals surface area contributed by atoms with Gasteiger partial charge in [-0.15, -0.1) is 22.7 Å². The van der Waals surface area contributed by atoms with Crippen LogP contribution in [-0.4, -0.2) is 56.8 Å². The number of aromatic hydroxyl groups is 2. The summed E-state index contributed by atoms with van der Waals surface area (Å²) >= 11 is 3.12. The number of nitro groups is 2. The topological polar surface area (TPSA) is 231 Å². The summed E-state index contributed by atoms with van der Waals surface area (Å²) in [5.41, 5.74) is 15.6. The van der Waals surface area contributed by atoms with E-state index in [-0.39, 0.29) is 47.2 Å². The number of phenols is 2. The van der Waals surface area contributed by atoms with Crippen LogP contribution in [0, 0.1) is 20.2 Å². The molecule has 8 aromatic rings. The summed E-state index contributed by atoms with van der Waals surface area (Å²) in [6.07, 6.45) is 8.45. The van der Waals surface area contributed by atoms with Gasteiger partial charge in [-0.25, -0.2) is 0 Å². The summed E-state index contributed by atoms with van der Waals surface area (Å²) in [5.74, 6) is 3.29. The minimum atomic E-state index is -0.433. The van der Waals surface area contributed by atoms with Crippen LogP contribution in [0.25, 0.3) is 57.1 Å². The monoisotopic (exact) mass is 1220 g/mol. The van der Waals surface area contributed by atoms with Crippen LogP contribution in [-0.2, 0) is 22.9 Å². The molecule has 6 heterocycles. The number of non-ortho nitro benzene ring substituents is 2. The van der Waals surface area contributed by atoms with Gasteiger partial charge in [0.25, 0.3) is 11.4 Å². The van der Waals surface area contributed by atoms with Crippen molar-refractivity contribution in [1.29, 1.82) is 0 Å². The van der Waals surface area contributed by atoms with Crippen molar-refractivity contribution in [1.82, 2.24) is 0 Å².